The van der Waals surface area contributed by atoms with Crippen molar-refractivity contribution in [3.63, 3.8) is 0 Å². The van der Waals surface area contributed by atoms with E-state index in [1.54, 1.807) is 0 Å². The topological polar surface area (TPSA) is 41.5 Å². The average molecular weight is 342 g/mol. The molecule has 0 spiro atoms. The van der Waals surface area contributed by atoms with Crippen LogP contribution in [0, 0.1) is 0 Å². The van der Waals surface area contributed by atoms with E-state index in [2.05, 4.69) is 10.3 Å². The summed E-state index contributed by atoms with van der Waals surface area (Å²) in [5, 5.41) is 3.01. The molecule has 26 heavy (non-hydrogen) atoms. The molecule has 1 atom stereocenters. The van der Waals surface area contributed by atoms with Crippen molar-refractivity contribution in [2.45, 2.75) is 13.0 Å². The molecule has 0 aliphatic heterocycles. The Morgan fingerprint density at radius 1 is 0.808 bits per heavy atom. The molecule has 0 saturated heterocycles. The smallest absolute Gasteiger partial charge is 0.242 e. The molecule has 0 aliphatic rings. The lowest BCUT2D eigenvalue weighted by Crippen LogP contribution is -2.29. The van der Waals surface area contributed by atoms with Gasteiger partial charge in [-0.05, 0) is 12.5 Å². The molecule has 0 bridgehead atoms. The number of hydrogen-bond donors (Lipinski definition) is 1. The van der Waals surface area contributed by atoms with Crippen molar-refractivity contribution in [1.29, 1.82) is 0 Å². The summed E-state index contributed by atoms with van der Waals surface area (Å²) in [6.07, 6.45) is 0. The van der Waals surface area contributed by atoms with Crippen molar-refractivity contribution >= 4 is 11.6 Å². The zero-order chi connectivity index (χ0) is 18.2. The fourth-order valence-electron chi connectivity index (χ4n) is 2.80. The fourth-order valence-corrected chi connectivity index (χ4v) is 2.80. The van der Waals surface area contributed by atoms with Gasteiger partial charge >= 0.3 is 0 Å². The highest BCUT2D eigenvalue weighted by Crippen LogP contribution is 2.12. The van der Waals surface area contributed by atoms with Crippen LogP contribution in [0.1, 0.15) is 29.7 Å². The molecule has 1 N–H and O–H groups in total. The van der Waals surface area contributed by atoms with Crippen molar-refractivity contribution < 1.29 is 4.79 Å². The third-order valence-electron chi connectivity index (χ3n) is 4.15. The minimum Gasteiger partial charge on any atom is -0.348 e. The molecule has 3 heteroatoms. The van der Waals surface area contributed by atoms with Gasteiger partial charge in [0.25, 0.3) is 0 Å². The lowest BCUT2D eigenvalue weighted by Gasteiger charge is -2.14. The molecule has 1 amide bonds. The number of aliphatic imine (C=N–C) groups is 1. The summed E-state index contributed by atoms with van der Waals surface area (Å²) in [5.41, 5.74) is 3.91. The van der Waals surface area contributed by atoms with Crippen molar-refractivity contribution in [3.8, 4) is 0 Å². The quantitative estimate of drug-likeness (QED) is 0.663. The summed E-state index contributed by atoms with van der Waals surface area (Å²) < 4.78 is 0. The molecule has 3 nitrogen and oxygen atoms in total. The van der Waals surface area contributed by atoms with E-state index in [9.17, 15) is 4.79 Å². The van der Waals surface area contributed by atoms with Crippen molar-refractivity contribution in [2.24, 2.45) is 4.99 Å². The number of amides is 1. The molecule has 3 rings (SSSR count). The van der Waals surface area contributed by atoms with Crippen LogP contribution < -0.4 is 5.32 Å². The fraction of sp³-hybridized carbons (Fsp3) is 0.130. The summed E-state index contributed by atoms with van der Waals surface area (Å²) in [5.74, 6) is -0.0919. The van der Waals surface area contributed by atoms with Crippen LogP contribution in [0.15, 0.2) is 96.0 Å². The van der Waals surface area contributed by atoms with Crippen LogP contribution in [-0.2, 0) is 4.79 Å². The van der Waals surface area contributed by atoms with E-state index < -0.39 is 0 Å². The molecule has 0 fully saturated rings. The van der Waals surface area contributed by atoms with E-state index in [1.807, 2.05) is 97.9 Å². The van der Waals surface area contributed by atoms with E-state index in [0.717, 1.165) is 22.4 Å². The molecular weight excluding hydrogens is 320 g/mol. The highest BCUT2D eigenvalue weighted by atomic mass is 16.1. The summed E-state index contributed by atoms with van der Waals surface area (Å²) in [7, 11) is 0. The number of carbonyl (C=O) groups is 1. The van der Waals surface area contributed by atoms with Crippen LogP contribution in [-0.4, -0.2) is 18.2 Å². The number of rotatable bonds is 6. The maximum Gasteiger partial charge on any atom is 0.242 e. The van der Waals surface area contributed by atoms with Crippen molar-refractivity contribution in [1.82, 2.24) is 5.32 Å². The van der Waals surface area contributed by atoms with Crippen LogP contribution in [0.2, 0.25) is 0 Å². The Morgan fingerprint density at radius 3 is 1.77 bits per heavy atom. The SMILES string of the molecule is C[C@H](NC(=O)CN=C(c1ccccc1)c1ccccc1)c1ccccc1. The Labute approximate surface area is 154 Å². The van der Waals surface area contributed by atoms with Crippen LogP contribution in [0.25, 0.3) is 0 Å². The van der Waals surface area contributed by atoms with Crippen molar-refractivity contribution in [2.75, 3.05) is 6.54 Å². The first-order valence-corrected chi connectivity index (χ1v) is 8.73. The van der Waals surface area contributed by atoms with Gasteiger partial charge < -0.3 is 5.32 Å². The van der Waals surface area contributed by atoms with Gasteiger partial charge in [0.1, 0.15) is 6.54 Å². The maximum absolute atomic E-state index is 12.4. The largest absolute Gasteiger partial charge is 0.348 e. The number of nitrogens with one attached hydrogen (secondary N) is 1. The Bertz CT molecular complexity index is 817. The normalized spacial score (nSPS) is 11.4. The van der Waals surface area contributed by atoms with Gasteiger partial charge in [-0.3, -0.25) is 9.79 Å². The zero-order valence-corrected chi connectivity index (χ0v) is 14.8. The third kappa shape index (κ3) is 4.67. The van der Waals surface area contributed by atoms with Gasteiger partial charge in [0.05, 0.1) is 11.8 Å². The summed E-state index contributed by atoms with van der Waals surface area (Å²) in [6.45, 7) is 2.07. The second-order valence-electron chi connectivity index (χ2n) is 6.10. The molecular formula is C23H22N2O. The van der Waals surface area contributed by atoms with Gasteiger partial charge in [0, 0.05) is 11.1 Å². The van der Waals surface area contributed by atoms with Crippen LogP contribution in [0.4, 0.5) is 0 Å². The maximum atomic E-state index is 12.4. The second-order valence-corrected chi connectivity index (χ2v) is 6.10. The van der Waals surface area contributed by atoms with E-state index >= 15 is 0 Å². The van der Waals surface area contributed by atoms with Gasteiger partial charge in [-0.2, -0.15) is 0 Å². The predicted octanol–water partition coefficient (Wildman–Crippen LogP) is 4.40. The highest BCUT2D eigenvalue weighted by Gasteiger charge is 2.10. The van der Waals surface area contributed by atoms with E-state index in [-0.39, 0.29) is 18.5 Å². The van der Waals surface area contributed by atoms with Gasteiger partial charge in [0.2, 0.25) is 5.91 Å². The molecule has 0 saturated carbocycles. The van der Waals surface area contributed by atoms with Crippen LogP contribution in [0.5, 0.6) is 0 Å². The Hall–Kier alpha value is -3.20. The molecule has 0 radical (unpaired) electrons. The Morgan fingerprint density at radius 2 is 1.27 bits per heavy atom. The lowest BCUT2D eigenvalue weighted by atomic mass is 10.0. The van der Waals surface area contributed by atoms with Crippen LogP contribution >= 0.6 is 0 Å². The zero-order valence-electron chi connectivity index (χ0n) is 14.8. The molecule has 0 heterocycles. The summed E-state index contributed by atoms with van der Waals surface area (Å²) >= 11 is 0. The minimum absolute atomic E-state index is 0.0456. The van der Waals surface area contributed by atoms with E-state index in [1.165, 1.54) is 0 Å². The number of nitrogens with zero attached hydrogens (tertiary/aromatic N) is 1. The monoisotopic (exact) mass is 342 g/mol. The average Bonchev–Trinajstić information content (AvgIpc) is 2.70. The molecule has 3 aromatic rings. The second kappa shape index (κ2) is 8.77. The lowest BCUT2D eigenvalue weighted by molar-refractivity contribution is -0.120. The first kappa shape index (κ1) is 17.6. The summed E-state index contributed by atoms with van der Waals surface area (Å²) in [6, 6.07) is 29.8. The number of hydrogen-bond acceptors (Lipinski definition) is 2. The first-order chi connectivity index (χ1) is 12.7. The Balaban J connectivity index is 1.75. The van der Waals surface area contributed by atoms with Gasteiger partial charge in [-0.1, -0.05) is 91.0 Å². The van der Waals surface area contributed by atoms with Crippen LogP contribution in [0.3, 0.4) is 0 Å². The molecule has 0 aliphatic carbocycles. The predicted molar refractivity (Wildman–Crippen MR) is 106 cm³/mol. The summed E-state index contributed by atoms with van der Waals surface area (Å²) in [4.78, 5) is 17.0. The number of benzene rings is 3. The van der Waals surface area contributed by atoms with Gasteiger partial charge in [-0.15, -0.1) is 0 Å². The first-order valence-electron chi connectivity index (χ1n) is 8.73. The number of carbonyl (C=O) groups excluding carboxylic acids is 1. The van der Waals surface area contributed by atoms with Gasteiger partial charge in [0.15, 0.2) is 0 Å². The highest BCUT2D eigenvalue weighted by molar-refractivity contribution is 6.13. The van der Waals surface area contributed by atoms with Gasteiger partial charge in [-0.25, -0.2) is 0 Å². The van der Waals surface area contributed by atoms with E-state index in [4.69, 9.17) is 0 Å². The molecule has 0 unspecified atom stereocenters. The standard InChI is InChI=1S/C23H22N2O/c1-18(19-11-5-2-6-12-19)25-22(26)17-24-23(20-13-7-3-8-14-20)21-15-9-4-10-16-21/h2-16,18H,17H2,1H3,(H,25,26)/t18-/m0/s1. The Kier molecular flexibility index (Phi) is 5.94. The molecule has 130 valence electrons. The van der Waals surface area contributed by atoms with E-state index in [0.29, 0.717) is 0 Å². The molecule has 3 aromatic carbocycles. The third-order valence-corrected chi connectivity index (χ3v) is 4.15. The minimum atomic E-state index is -0.0919. The van der Waals surface area contributed by atoms with Crippen molar-refractivity contribution in [3.05, 3.63) is 108 Å². The molecule has 0 aromatic heterocycles.